The predicted octanol–water partition coefficient (Wildman–Crippen LogP) is 1.59. The van der Waals surface area contributed by atoms with Crippen LogP contribution in [0.2, 0.25) is 0 Å². The Labute approximate surface area is 100 Å². The number of hydrogen-bond donors (Lipinski definition) is 1. The van der Waals surface area contributed by atoms with E-state index >= 15 is 0 Å². The van der Waals surface area contributed by atoms with Crippen LogP contribution in [0.5, 0.6) is 0 Å². The molecule has 3 rings (SSSR count). The van der Waals surface area contributed by atoms with E-state index in [2.05, 4.69) is 5.10 Å². The molecular weight excluding hydrogens is 214 g/mol. The topological polar surface area (TPSA) is 61.7 Å². The standard InChI is InChI=1S/C12H17N5/c1-7-9(6-16(2)15-7)10-11(13)17(3)12(14-10)8-4-5-8/h6,8H,4-5,13H2,1-3H3. The first-order chi connectivity index (χ1) is 8.08. The van der Waals surface area contributed by atoms with E-state index in [1.165, 1.54) is 12.8 Å². The summed E-state index contributed by atoms with van der Waals surface area (Å²) in [5.41, 5.74) is 9.02. The summed E-state index contributed by atoms with van der Waals surface area (Å²) in [7, 11) is 3.91. The SMILES string of the molecule is Cc1nn(C)cc1-c1nc(C2CC2)n(C)c1N. The van der Waals surface area contributed by atoms with E-state index < -0.39 is 0 Å². The van der Waals surface area contributed by atoms with Gasteiger partial charge in [-0.25, -0.2) is 4.98 Å². The normalized spacial score (nSPS) is 15.5. The predicted molar refractivity (Wildman–Crippen MR) is 66.5 cm³/mol. The van der Waals surface area contributed by atoms with Crippen molar-refractivity contribution < 1.29 is 0 Å². The summed E-state index contributed by atoms with van der Waals surface area (Å²) < 4.78 is 3.81. The molecule has 0 aromatic carbocycles. The molecule has 0 spiro atoms. The van der Waals surface area contributed by atoms with Crippen molar-refractivity contribution in [3.05, 3.63) is 17.7 Å². The van der Waals surface area contributed by atoms with E-state index in [1.807, 2.05) is 31.8 Å². The quantitative estimate of drug-likeness (QED) is 0.853. The Morgan fingerprint density at radius 1 is 1.35 bits per heavy atom. The average molecular weight is 231 g/mol. The number of rotatable bonds is 2. The molecule has 5 heteroatoms. The van der Waals surface area contributed by atoms with Crippen molar-refractivity contribution in [1.82, 2.24) is 19.3 Å². The van der Waals surface area contributed by atoms with Crippen LogP contribution in [0.3, 0.4) is 0 Å². The molecule has 2 aromatic rings. The van der Waals surface area contributed by atoms with Crippen LogP contribution in [0.1, 0.15) is 30.3 Å². The Bertz CT molecular complexity index is 574. The van der Waals surface area contributed by atoms with E-state index in [0.29, 0.717) is 5.92 Å². The molecule has 0 radical (unpaired) electrons. The summed E-state index contributed by atoms with van der Waals surface area (Å²) in [4.78, 5) is 4.70. The fraction of sp³-hybridized carbons (Fsp3) is 0.500. The lowest BCUT2D eigenvalue weighted by atomic mass is 10.2. The van der Waals surface area contributed by atoms with Gasteiger partial charge in [-0.15, -0.1) is 0 Å². The summed E-state index contributed by atoms with van der Waals surface area (Å²) in [6, 6.07) is 0. The van der Waals surface area contributed by atoms with Gasteiger partial charge in [0.1, 0.15) is 17.3 Å². The number of aryl methyl sites for hydroxylation is 2. The highest BCUT2D eigenvalue weighted by atomic mass is 15.3. The maximum atomic E-state index is 6.14. The first kappa shape index (κ1) is 10.4. The number of hydrogen-bond acceptors (Lipinski definition) is 3. The second-order valence-electron chi connectivity index (χ2n) is 4.84. The van der Waals surface area contributed by atoms with Gasteiger partial charge in [-0.05, 0) is 19.8 Å². The fourth-order valence-corrected chi connectivity index (χ4v) is 2.27. The fourth-order valence-electron chi connectivity index (χ4n) is 2.27. The highest BCUT2D eigenvalue weighted by molar-refractivity contribution is 5.72. The Morgan fingerprint density at radius 2 is 2.06 bits per heavy atom. The third-order valence-electron chi connectivity index (χ3n) is 3.39. The minimum atomic E-state index is 0.605. The smallest absolute Gasteiger partial charge is 0.131 e. The Balaban J connectivity index is 2.14. The molecule has 2 aromatic heterocycles. The van der Waals surface area contributed by atoms with E-state index in [9.17, 15) is 0 Å². The lowest BCUT2D eigenvalue weighted by molar-refractivity contribution is 0.756. The van der Waals surface area contributed by atoms with Gasteiger partial charge in [-0.3, -0.25) is 4.68 Å². The maximum absolute atomic E-state index is 6.14. The van der Waals surface area contributed by atoms with Crippen molar-refractivity contribution in [2.45, 2.75) is 25.7 Å². The molecule has 0 atom stereocenters. The molecule has 0 bridgehead atoms. The van der Waals surface area contributed by atoms with Crippen LogP contribution in [0, 0.1) is 6.92 Å². The summed E-state index contributed by atoms with van der Waals surface area (Å²) >= 11 is 0. The number of nitrogens with two attached hydrogens (primary N) is 1. The Morgan fingerprint density at radius 3 is 2.59 bits per heavy atom. The van der Waals surface area contributed by atoms with Crippen LogP contribution < -0.4 is 5.73 Å². The minimum absolute atomic E-state index is 0.605. The number of nitrogens with zero attached hydrogens (tertiary/aromatic N) is 4. The minimum Gasteiger partial charge on any atom is -0.383 e. The molecule has 1 saturated carbocycles. The van der Waals surface area contributed by atoms with Crippen LogP contribution in [0.4, 0.5) is 5.82 Å². The van der Waals surface area contributed by atoms with E-state index in [0.717, 1.165) is 28.6 Å². The van der Waals surface area contributed by atoms with Crippen LogP contribution >= 0.6 is 0 Å². The molecule has 90 valence electrons. The van der Waals surface area contributed by atoms with Crippen LogP contribution in [0.15, 0.2) is 6.20 Å². The third kappa shape index (κ3) is 1.53. The average Bonchev–Trinajstić information content (AvgIpc) is 3.00. The number of nitrogen functional groups attached to an aromatic ring is 1. The maximum Gasteiger partial charge on any atom is 0.131 e. The lowest BCUT2D eigenvalue weighted by Crippen LogP contribution is -2.00. The van der Waals surface area contributed by atoms with Crippen LogP contribution in [0.25, 0.3) is 11.3 Å². The van der Waals surface area contributed by atoms with Crippen molar-refractivity contribution in [3.63, 3.8) is 0 Å². The molecule has 0 amide bonds. The number of imidazole rings is 1. The van der Waals surface area contributed by atoms with E-state index in [-0.39, 0.29) is 0 Å². The van der Waals surface area contributed by atoms with Crippen molar-refractivity contribution >= 4 is 5.82 Å². The number of anilines is 1. The summed E-state index contributed by atoms with van der Waals surface area (Å²) in [6.07, 6.45) is 4.44. The molecule has 0 unspecified atom stereocenters. The van der Waals surface area contributed by atoms with Crippen molar-refractivity contribution in [3.8, 4) is 11.3 Å². The molecule has 2 heterocycles. The van der Waals surface area contributed by atoms with E-state index in [4.69, 9.17) is 10.7 Å². The Kier molecular flexibility index (Phi) is 2.05. The van der Waals surface area contributed by atoms with Gasteiger partial charge >= 0.3 is 0 Å². The molecule has 1 aliphatic rings. The van der Waals surface area contributed by atoms with Crippen LogP contribution in [-0.2, 0) is 14.1 Å². The molecule has 2 N–H and O–H groups in total. The Hall–Kier alpha value is -1.78. The van der Waals surface area contributed by atoms with Crippen molar-refractivity contribution in [2.24, 2.45) is 14.1 Å². The molecule has 1 fully saturated rings. The van der Waals surface area contributed by atoms with Gasteiger partial charge in [-0.2, -0.15) is 5.10 Å². The monoisotopic (exact) mass is 231 g/mol. The molecule has 0 saturated heterocycles. The van der Waals surface area contributed by atoms with Gasteiger partial charge in [0, 0.05) is 31.8 Å². The zero-order valence-electron chi connectivity index (χ0n) is 10.4. The molecule has 5 nitrogen and oxygen atoms in total. The van der Waals surface area contributed by atoms with Gasteiger partial charge in [0.05, 0.1) is 5.69 Å². The molecular formula is C12H17N5. The largest absolute Gasteiger partial charge is 0.383 e. The van der Waals surface area contributed by atoms with Crippen LogP contribution in [-0.4, -0.2) is 19.3 Å². The second-order valence-corrected chi connectivity index (χ2v) is 4.84. The van der Waals surface area contributed by atoms with Gasteiger partial charge in [-0.1, -0.05) is 0 Å². The molecule has 1 aliphatic carbocycles. The van der Waals surface area contributed by atoms with Gasteiger partial charge in [0.2, 0.25) is 0 Å². The first-order valence-corrected chi connectivity index (χ1v) is 5.90. The molecule has 0 aliphatic heterocycles. The van der Waals surface area contributed by atoms with Crippen molar-refractivity contribution in [2.75, 3.05) is 5.73 Å². The summed E-state index contributed by atoms with van der Waals surface area (Å²) in [6.45, 7) is 1.99. The summed E-state index contributed by atoms with van der Waals surface area (Å²) in [5, 5.41) is 4.34. The van der Waals surface area contributed by atoms with Gasteiger partial charge in [0.25, 0.3) is 0 Å². The highest BCUT2D eigenvalue weighted by Crippen LogP contribution is 2.41. The van der Waals surface area contributed by atoms with Gasteiger partial charge in [0.15, 0.2) is 0 Å². The summed E-state index contributed by atoms with van der Waals surface area (Å²) in [5.74, 6) is 2.46. The second kappa shape index (κ2) is 3.35. The molecule has 17 heavy (non-hydrogen) atoms. The first-order valence-electron chi connectivity index (χ1n) is 5.90. The van der Waals surface area contributed by atoms with Gasteiger partial charge < -0.3 is 10.3 Å². The zero-order valence-corrected chi connectivity index (χ0v) is 10.4. The van der Waals surface area contributed by atoms with E-state index in [1.54, 1.807) is 4.68 Å². The highest BCUT2D eigenvalue weighted by Gasteiger charge is 2.30. The lowest BCUT2D eigenvalue weighted by Gasteiger charge is -2.00. The third-order valence-corrected chi connectivity index (χ3v) is 3.39. The number of aromatic nitrogens is 4. The van der Waals surface area contributed by atoms with Crippen molar-refractivity contribution in [1.29, 1.82) is 0 Å². The zero-order chi connectivity index (χ0) is 12.2.